The molecule has 0 aromatic heterocycles. The Bertz CT molecular complexity index is 345. The fraction of sp³-hybridized carbons (Fsp3) is 0.769. The van der Waals surface area contributed by atoms with Gasteiger partial charge in [-0.05, 0) is 32.6 Å². The molecule has 0 radical (unpaired) electrons. The van der Waals surface area contributed by atoms with Gasteiger partial charge >= 0.3 is 0 Å². The highest BCUT2D eigenvalue weighted by molar-refractivity contribution is 6.02. The van der Waals surface area contributed by atoms with E-state index < -0.39 is 5.92 Å². The van der Waals surface area contributed by atoms with Crippen LogP contribution in [0.5, 0.6) is 0 Å². The first-order valence-corrected chi connectivity index (χ1v) is 6.41. The van der Waals surface area contributed by atoms with Gasteiger partial charge in [-0.3, -0.25) is 14.4 Å². The number of amides is 1. The molecule has 4 nitrogen and oxygen atoms in total. The van der Waals surface area contributed by atoms with Gasteiger partial charge in [0.25, 0.3) is 0 Å². The molecule has 2 aliphatic rings. The molecular formula is C13H19NO3. The fourth-order valence-corrected chi connectivity index (χ4v) is 2.84. The second-order valence-corrected chi connectivity index (χ2v) is 5.13. The number of nitrogens with zero attached hydrogens (tertiary/aromatic N) is 1. The molecule has 1 aliphatic carbocycles. The molecule has 2 unspecified atom stereocenters. The average molecular weight is 237 g/mol. The number of rotatable bonds is 2. The second-order valence-electron chi connectivity index (χ2n) is 5.13. The quantitative estimate of drug-likeness (QED) is 0.678. The normalized spacial score (nSPS) is 29.5. The lowest BCUT2D eigenvalue weighted by molar-refractivity contribution is -0.140. The van der Waals surface area contributed by atoms with E-state index in [9.17, 15) is 14.4 Å². The molecule has 4 heteroatoms. The molecule has 94 valence electrons. The molecule has 2 fully saturated rings. The topological polar surface area (TPSA) is 54.5 Å². The molecule has 17 heavy (non-hydrogen) atoms. The van der Waals surface area contributed by atoms with E-state index in [2.05, 4.69) is 0 Å². The lowest BCUT2D eigenvalue weighted by Crippen LogP contribution is -2.39. The van der Waals surface area contributed by atoms with E-state index in [1.54, 1.807) is 0 Å². The Morgan fingerprint density at radius 1 is 1.24 bits per heavy atom. The summed E-state index contributed by atoms with van der Waals surface area (Å²) in [6, 6.07) is 0. The molecule has 1 aliphatic heterocycles. The van der Waals surface area contributed by atoms with Gasteiger partial charge in [-0.2, -0.15) is 0 Å². The van der Waals surface area contributed by atoms with Gasteiger partial charge in [-0.25, -0.2) is 0 Å². The van der Waals surface area contributed by atoms with Crippen LogP contribution in [0.25, 0.3) is 0 Å². The summed E-state index contributed by atoms with van der Waals surface area (Å²) in [6.45, 7) is 3.13. The van der Waals surface area contributed by atoms with Crippen LogP contribution in [-0.2, 0) is 14.4 Å². The number of hydrogen-bond acceptors (Lipinski definition) is 3. The van der Waals surface area contributed by atoms with Crippen molar-refractivity contribution in [3.8, 4) is 0 Å². The van der Waals surface area contributed by atoms with Crippen molar-refractivity contribution < 1.29 is 14.4 Å². The molecule has 0 spiro atoms. The predicted molar refractivity (Wildman–Crippen MR) is 62.3 cm³/mol. The molecule has 0 bridgehead atoms. The SMILES string of the molecule is CC(=O)C1CC(C(=O)N2CCCC2)CCC1=O. The zero-order chi connectivity index (χ0) is 12.4. The third kappa shape index (κ3) is 2.56. The van der Waals surface area contributed by atoms with Gasteiger partial charge in [0.2, 0.25) is 5.91 Å². The first kappa shape index (κ1) is 12.3. The van der Waals surface area contributed by atoms with E-state index in [0.29, 0.717) is 19.3 Å². The molecular weight excluding hydrogens is 218 g/mol. The summed E-state index contributed by atoms with van der Waals surface area (Å²) in [6.07, 6.45) is 3.59. The van der Waals surface area contributed by atoms with Crippen LogP contribution in [0.15, 0.2) is 0 Å². The van der Waals surface area contributed by atoms with E-state index in [-0.39, 0.29) is 23.4 Å². The number of carbonyl (C=O) groups is 3. The molecule has 1 amide bonds. The predicted octanol–water partition coefficient (Wildman–Crippen LogP) is 1.18. The number of carbonyl (C=O) groups excluding carboxylic acids is 3. The maximum Gasteiger partial charge on any atom is 0.225 e. The first-order valence-electron chi connectivity index (χ1n) is 6.41. The molecule has 1 heterocycles. The zero-order valence-electron chi connectivity index (χ0n) is 10.3. The van der Waals surface area contributed by atoms with Crippen LogP contribution in [0.3, 0.4) is 0 Å². The van der Waals surface area contributed by atoms with Crippen molar-refractivity contribution >= 4 is 17.5 Å². The van der Waals surface area contributed by atoms with Crippen molar-refractivity contribution in [1.82, 2.24) is 4.90 Å². The van der Waals surface area contributed by atoms with Crippen LogP contribution in [0.4, 0.5) is 0 Å². The molecule has 0 aromatic rings. The third-order valence-corrected chi connectivity index (χ3v) is 3.91. The summed E-state index contributed by atoms with van der Waals surface area (Å²) < 4.78 is 0. The highest BCUT2D eigenvalue weighted by Gasteiger charge is 2.37. The molecule has 1 saturated carbocycles. The largest absolute Gasteiger partial charge is 0.342 e. The lowest BCUT2D eigenvalue weighted by atomic mass is 9.78. The van der Waals surface area contributed by atoms with Gasteiger partial charge < -0.3 is 4.90 Å². The van der Waals surface area contributed by atoms with Crippen molar-refractivity contribution in [1.29, 1.82) is 0 Å². The highest BCUT2D eigenvalue weighted by atomic mass is 16.2. The minimum atomic E-state index is -0.527. The lowest BCUT2D eigenvalue weighted by Gasteiger charge is -2.29. The number of likely N-dealkylation sites (tertiary alicyclic amines) is 1. The smallest absolute Gasteiger partial charge is 0.225 e. The zero-order valence-corrected chi connectivity index (χ0v) is 10.3. The monoisotopic (exact) mass is 237 g/mol. The summed E-state index contributed by atoms with van der Waals surface area (Å²) in [5, 5.41) is 0. The summed E-state index contributed by atoms with van der Waals surface area (Å²) in [4.78, 5) is 37.0. The van der Waals surface area contributed by atoms with Crippen LogP contribution in [0.2, 0.25) is 0 Å². The van der Waals surface area contributed by atoms with Gasteiger partial charge in [0.1, 0.15) is 11.6 Å². The Labute approximate surface area is 101 Å². The Balaban J connectivity index is 2.00. The minimum absolute atomic E-state index is 0.0166. The van der Waals surface area contributed by atoms with E-state index in [1.807, 2.05) is 4.90 Å². The van der Waals surface area contributed by atoms with Crippen molar-refractivity contribution in [2.45, 2.75) is 39.0 Å². The van der Waals surface area contributed by atoms with E-state index >= 15 is 0 Å². The molecule has 1 saturated heterocycles. The van der Waals surface area contributed by atoms with Crippen LogP contribution in [0.1, 0.15) is 39.0 Å². The molecule has 0 N–H and O–H groups in total. The van der Waals surface area contributed by atoms with E-state index in [0.717, 1.165) is 25.9 Å². The Morgan fingerprint density at radius 2 is 1.88 bits per heavy atom. The standard InChI is InChI=1S/C13H19NO3/c1-9(15)11-8-10(4-5-12(11)16)13(17)14-6-2-3-7-14/h10-11H,2-8H2,1H3. The van der Waals surface area contributed by atoms with E-state index in [4.69, 9.17) is 0 Å². The van der Waals surface area contributed by atoms with Gasteiger partial charge in [0.05, 0.1) is 5.92 Å². The van der Waals surface area contributed by atoms with Crippen LogP contribution in [-0.4, -0.2) is 35.5 Å². The van der Waals surface area contributed by atoms with Gasteiger partial charge in [0, 0.05) is 25.4 Å². The molecule has 2 atom stereocenters. The highest BCUT2D eigenvalue weighted by Crippen LogP contribution is 2.29. The van der Waals surface area contributed by atoms with Crippen molar-refractivity contribution in [3.05, 3.63) is 0 Å². The maximum atomic E-state index is 12.2. The van der Waals surface area contributed by atoms with Crippen LogP contribution >= 0.6 is 0 Å². The number of Topliss-reactive ketones (excluding diaryl/α,β-unsaturated/α-hetero) is 2. The molecule has 0 aromatic carbocycles. The Kier molecular flexibility index (Phi) is 3.60. The van der Waals surface area contributed by atoms with Gasteiger partial charge in [0.15, 0.2) is 0 Å². The average Bonchev–Trinajstić information content (AvgIpc) is 2.81. The fourth-order valence-electron chi connectivity index (χ4n) is 2.84. The van der Waals surface area contributed by atoms with Crippen molar-refractivity contribution in [2.75, 3.05) is 13.1 Å². The summed E-state index contributed by atoms with van der Waals surface area (Å²) in [7, 11) is 0. The number of hydrogen-bond donors (Lipinski definition) is 0. The number of ketones is 2. The van der Waals surface area contributed by atoms with Crippen LogP contribution < -0.4 is 0 Å². The Morgan fingerprint density at radius 3 is 2.47 bits per heavy atom. The third-order valence-electron chi connectivity index (χ3n) is 3.91. The summed E-state index contributed by atoms with van der Waals surface area (Å²) >= 11 is 0. The van der Waals surface area contributed by atoms with Gasteiger partial charge in [-0.1, -0.05) is 0 Å². The van der Waals surface area contributed by atoms with Crippen molar-refractivity contribution in [2.24, 2.45) is 11.8 Å². The summed E-state index contributed by atoms with van der Waals surface area (Å²) in [5.74, 6) is -0.557. The first-order chi connectivity index (χ1) is 8.09. The summed E-state index contributed by atoms with van der Waals surface area (Å²) in [5.41, 5.74) is 0. The molecule has 2 rings (SSSR count). The Hall–Kier alpha value is -1.19. The van der Waals surface area contributed by atoms with E-state index in [1.165, 1.54) is 6.92 Å². The van der Waals surface area contributed by atoms with Gasteiger partial charge in [-0.15, -0.1) is 0 Å². The van der Waals surface area contributed by atoms with Crippen molar-refractivity contribution in [3.63, 3.8) is 0 Å². The maximum absolute atomic E-state index is 12.2. The van der Waals surface area contributed by atoms with Crippen LogP contribution in [0, 0.1) is 11.8 Å². The second kappa shape index (κ2) is 4.98. The minimum Gasteiger partial charge on any atom is -0.342 e.